The largest absolute Gasteiger partial charge is 0.507 e. The average molecular weight is 496 g/mol. The monoisotopic (exact) mass is 495 g/mol. The van der Waals surface area contributed by atoms with Gasteiger partial charge >= 0.3 is 6.09 Å². The van der Waals surface area contributed by atoms with Crippen molar-refractivity contribution in [1.82, 2.24) is 4.90 Å². The van der Waals surface area contributed by atoms with Crippen molar-refractivity contribution in [2.24, 2.45) is 0 Å². The maximum Gasteiger partial charge on any atom is 0.410 e. The highest BCUT2D eigenvalue weighted by Gasteiger charge is 2.40. The van der Waals surface area contributed by atoms with Crippen LogP contribution in [-0.4, -0.2) is 40.4 Å². The van der Waals surface area contributed by atoms with Gasteiger partial charge in [-0.2, -0.15) is 0 Å². The number of carbonyl (C=O) groups is 1. The van der Waals surface area contributed by atoms with Gasteiger partial charge in [0.15, 0.2) is 0 Å². The molecule has 6 heteroatoms. The minimum Gasteiger partial charge on any atom is -0.507 e. The van der Waals surface area contributed by atoms with E-state index >= 15 is 0 Å². The minimum atomic E-state index is -0.567. The number of phenols is 1. The van der Waals surface area contributed by atoms with Gasteiger partial charge < -0.3 is 19.5 Å². The first kappa shape index (κ1) is 26.1. The normalized spacial score (nSPS) is 17.7. The Labute approximate surface area is 213 Å². The summed E-state index contributed by atoms with van der Waals surface area (Å²) < 4.78 is 25.2. The summed E-state index contributed by atoms with van der Waals surface area (Å²) in [6.45, 7) is 12.8. The molecule has 0 spiro atoms. The van der Waals surface area contributed by atoms with E-state index < -0.39 is 11.2 Å². The quantitative estimate of drug-likeness (QED) is 0.476. The van der Waals surface area contributed by atoms with E-state index in [2.05, 4.69) is 6.92 Å². The molecule has 0 aliphatic carbocycles. The topological polar surface area (TPSA) is 59.0 Å². The molecule has 36 heavy (non-hydrogen) atoms. The van der Waals surface area contributed by atoms with Gasteiger partial charge in [-0.1, -0.05) is 19.1 Å². The molecule has 0 aromatic heterocycles. The van der Waals surface area contributed by atoms with Crippen LogP contribution in [0.25, 0.3) is 5.57 Å². The molecule has 0 saturated carbocycles. The number of carbonyl (C=O) groups excluding carboxylic acids is 1. The molecule has 5 nitrogen and oxygen atoms in total. The van der Waals surface area contributed by atoms with Crippen molar-refractivity contribution >= 4 is 11.7 Å². The maximum atomic E-state index is 13.2. The summed E-state index contributed by atoms with van der Waals surface area (Å²) in [6, 6.07) is 10.5. The zero-order valence-corrected chi connectivity index (χ0v) is 22.3. The standard InChI is InChI=1S/C30H38FNO4/c1-19(8-7-9-20-10-12-22(31)13-11-20)21-16-25(33)27-23-18-32(28(34)36-29(2,3)4)15-14-24(23)30(5,6)35-26(27)17-21/h10-13,16-17,19,33H,7-9,14-15,18H2,1-6H3. The van der Waals surface area contributed by atoms with Crippen molar-refractivity contribution in [2.75, 3.05) is 13.1 Å². The Hall–Kier alpha value is -3.02. The molecule has 1 N–H and O–H groups in total. The van der Waals surface area contributed by atoms with Crippen molar-refractivity contribution in [3.63, 3.8) is 0 Å². The number of hydrogen-bond donors (Lipinski definition) is 1. The van der Waals surface area contributed by atoms with Crippen LogP contribution >= 0.6 is 0 Å². The van der Waals surface area contributed by atoms with Gasteiger partial charge in [-0.05, 0) is 113 Å². The summed E-state index contributed by atoms with van der Waals surface area (Å²) in [5.41, 5.74) is 3.79. The van der Waals surface area contributed by atoms with E-state index in [1.54, 1.807) is 4.90 Å². The molecule has 2 aliphatic rings. The van der Waals surface area contributed by atoms with Crippen LogP contribution in [0, 0.1) is 5.82 Å². The number of rotatable bonds is 5. The van der Waals surface area contributed by atoms with Crippen LogP contribution in [0.3, 0.4) is 0 Å². The molecule has 0 radical (unpaired) electrons. The SMILES string of the molecule is CC(CCCc1ccc(F)cc1)c1cc(O)c2c(c1)OC(C)(C)C1=C2CN(C(=O)OC(C)(C)C)CC1. The lowest BCUT2D eigenvalue weighted by molar-refractivity contribution is 0.0256. The van der Waals surface area contributed by atoms with Gasteiger partial charge in [0.25, 0.3) is 0 Å². The first-order valence-electron chi connectivity index (χ1n) is 12.9. The van der Waals surface area contributed by atoms with E-state index in [1.165, 1.54) is 12.1 Å². The van der Waals surface area contributed by atoms with Crippen molar-refractivity contribution in [2.45, 2.75) is 84.3 Å². The highest BCUT2D eigenvalue weighted by atomic mass is 19.1. The number of amides is 1. The zero-order chi connectivity index (χ0) is 26.3. The van der Waals surface area contributed by atoms with Crippen LogP contribution in [0.4, 0.5) is 9.18 Å². The van der Waals surface area contributed by atoms with Crippen LogP contribution in [-0.2, 0) is 11.2 Å². The Morgan fingerprint density at radius 1 is 1.22 bits per heavy atom. The molecule has 2 aromatic rings. The highest BCUT2D eigenvalue weighted by molar-refractivity contribution is 5.84. The Morgan fingerprint density at radius 2 is 1.92 bits per heavy atom. The van der Waals surface area contributed by atoms with Gasteiger partial charge in [0.2, 0.25) is 0 Å². The molecule has 0 bridgehead atoms. The second kappa shape index (κ2) is 9.79. The van der Waals surface area contributed by atoms with Crippen LogP contribution in [0.15, 0.2) is 42.0 Å². The molecule has 0 fully saturated rings. The summed E-state index contributed by atoms with van der Waals surface area (Å²) in [4.78, 5) is 14.5. The average Bonchev–Trinajstić information content (AvgIpc) is 2.78. The summed E-state index contributed by atoms with van der Waals surface area (Å²) in [7, 11) is 0. The van der Waals surface area contributed by atoms with Gasteiger partial charge in [-0.25, -0.2) is 9.18 Å². The number of hydrogen-bond acceptors (Lipinski definition) is 4. The first-order valence-corrected chi connectivity index (χ1v) is 12.9. The van der Waals surface area contributed by atoms with Crippen LogP contribution in [0.2, 0.25) is 0 Å². The Balaban J connectivity index is 1.54. The Morgan fingerprint density at radius 3 is 2.58 bits per heavy atom. The predicted octanol–water partition coefficient (Wildman–Crippen LogP) is 7.22. The lowest BCUT2D eigenvalue weighted by atomic mass is 9.80. The van der Waals surface area contributed by atoms with Crippen molar-refractivity contribution < 1.29 is 23.8 Å². The molecular formula is C30H38FNO4. The van der Waals surface area contributed by atoms with Gasteiger partial charge in [-0.3, -0.25) is 0 Å². The van der Waals surface area contributed by atoms with E-state index in [9.17, 15) is 14.3 Å². The zero-order valence-electron chi connectivity index (χ0n) is 22.3. The van der Waals surface area contributed by atoms with Gasteiger partial charge in [0.1, 0.15) is 28.5 Å². The van der Waals surface area contributed by atoms with E-state index in [0.29, 0.717) is 30.8 Å². The van der Waals surface area contributed by atoms with Crippen LogP contribution in [0.1, 0.15) is 83.4 Å². The Bertz CT molecular complexity index is 1160. The van der Waals surface area contributed by atoms with E-state index in [4.69, 9.17) is 9.47 Å². The fraction of sp³-hybridized carbons (Fsp3) is 0.500. The molecule has 1 unspecified atom stereocenters. The first-order chi connectivity index (χ1) is 16.8. The number of benzene rings is 2. The van der Waals surface area contributed by atoms with E-state index in [1.807, 2.05) is 58.9 Å². The fourth-order valence-corrected chi connectivity index (χ4v) is 5.20. The number of phenolic OH excluding ortho intramolecular Hbond substituents is 1. The molecule has 194 valence electrons. The smallest absolute Gasteiger partial charge is 0.410 e. The van der Waals surface area contributed by atoms with Gasteiger partial charge in [-0.15, -0.1) is 0 Å². The van der Waals surface area contributed by atoms with E-state index in [-0.39, 0.29) is 23.6 Å². The number of aryl methyl sites for hydroxylation is 1. The van der Waals surface area contributed by atoms with Crippen molar-refractivity contribution in [3.8, 4) is 11.5 Å². The third-order valence-corrected chi connectivity index (χ3v) is 7.08. The lowest BCUT2D eigenvalue weighted by Crippen LogP contribution is -2.45. The molecule has 1 amide bonds. The predicted molar refractivity (Wildman–Crippen MR) is 140 cm³/mol. The molecule has 2 aliphatic heterocycles. The number of nitrogens with zero attached hydrogens (tertiary/aromatic N) is 1. The summed E-state index contributed by atoms with van der Waals surface area (Å²) in [6.07, 6.45) is 3.09. The minimum absolute atomic E-state index is 0.182. The highest BCUT2D eigenvalue weighted by Crippen LogP contribution is 2.49. The van der Waals surface area contributed by atoms with Crippen molar-refractivity contribution in [3.05, 3.63) is 64.5 Å². The van der Waals surface area contributed by atoms with Crippen LogP contribution in [0.5, 0.6) is 11.5 Å². The molecule has 4 rings (SSSR count). The fourth-order valence-electron chi connectivity index (χ4n) is 5.20. The number of ether oxygens (including phenoxy) is 2. The molecule has 0 saturated heterocycles. The second-order valence-corrected chi connectivity index (χ2v) is 11.6. The third-order valence-electron chi connectivity index (χ3n) is 7.08. The van der Waals surface area contributed by atoms with Gasteiger partial charge in [0.05, 0.1) is 5.56 Å². The summed E-state index contributed by atoms with van der Waals surface area (Å²) in [5.74, 6) is 0.838. The number of fused-ring (bicyclic) bond motifs is 2. The Kier molecular flexibility index (Phi) is 7.09. The van der Waals surface area contributed by atoms with Gasteiger partial charge in [0, 0.05) is 13.1 Å². The number of halogens is 1. The van der Waals surface area contributed by atoms with E-state index in [0.717, 1.165) is 41.5 Å². The van der Waals surface area contributed by atoms with Crippen molar-refractivity contribution in [1.29, 1.82) is 0 Å². The third kappa shape index (κ3) is 5.69. The summed E-state index contributed by atoms with van der Waals surface area (Å²) in [5, 5.41) is 11.2. The second-order valence-electron chi connectivity index (χ2n) is 11.6. The molecular weight excluding hydrogens is 457 g/mol. The maximum absolute atomic E-state index is 13.2. The van der Waals surface area contributed by atoms with Crippen LogP contribution < -0.4 is 4.74 Å². The lowest BCUT2D eigenvalue weighted by Gasteiger charge is -2.42. The molecule has 2 heterocycles. The molecule has 1 atom stereocenters. The summed E-state index contributed by atoms with van der Waals surface area (Å²) >= 11 is 0. The molecule has 2 aromatic carbocycles. The number of aromatic hydroxyl groups is 1.